The highest BCUT2D eigenvalue weighted by Crippen LogP contribution is 2.50. The number of hydrogen-bond donors (Lipinski definition) is 2. The van der Waals surface area contributed by atoms with Crippen molar-refractivity contribution in [1.82, 2.24) is 10.3 Å². The summed E-state index contributed by atoms with van der Waals surface area (Å²) in [4.78, 5) is 5.75. The zero-order valence-corrected chi connectivity index (χ0v) is 8.94. The molecule has 14 heavy (non-hydrogen) atoms. The van der Waals surface area contributed by atoms with Crippen molar-refractivity contribution in [3.8, 4) is 0 Å². The zero-order chi connectivity index (χ0) is 9.60. The van der Waals surface area contributed by atoms with Gasteiger partial charge in [-0.05, 0) is 37.8 Å². The summed E-state index contributed by atoms with van der Waals surface area (Å²) >= 11 is 1.73. The lowest BCUT2D eigenvalue weighted by atomic mass is 9.74. The molecule has 1 aromatic heterocycles. The molecule has 0 radical (unpaired) electrons. The number of piperidine rings is 1. The van der Waals surface area contributed by atoms with Crippen molar-refractivity contribution in [2.24, 2.45) is 11.1 Å². The lowest BCUT2D eigenvalue weighted by Gasteiger charge is -2.37. The molecule has 3 rings (SSSR count). The summed E-state index contributed by atoms with van der Waals surface area (Å²) in [7, 11) is 0. The molecule has 3 N–H and O–H groups in total. The van der Waals surface area contributed by atoms with Crippen LogP contribution >= 0.6 is 11.3 Å². The number of thiazole rings is 1. The smallest absolute Gasteiger partial charge is 0.0798 e. The Morgan fingerprint density at radius 3 is 3.00 bits per heavy atom. The maximum atomic E-state index is 6.34. The Morgan fingerprint density at radius 1 is 1.50 bits per heavy atom. The van der Waals surface area contributed by atoms with E-state index in [0.29, 0.717) is 5.41 Å². The van der Waals surface area contributed by atoms with Gasteiger partial charge in [-0.3, -0.25) is 0 Å². The van der Waals surface area contributed by atoms with Gasteiger partial charge < -0.3 is 11.1 Å². The van der Waals surface area contributed by atoms with Crippen LogP contribution in [0.25, 0.3) is 0 Å². The van der Waals surface area contributed by atoms with Crippen LogP contribution in [0.4, 0.5) is 0 Å². The summed E-state index contributed by atoms with van der Waals surface area (Å²) in [6.07, 6.45) is 3.52. The lowest BCUT2D eigenvalue weighted by Crippen LogP contribution is -2.42. The number of hydrogen-bond acceptors (Lipinski definition) is 4. The van der Waals surface area contributed by atoms with Crippen molar-refractivity contribution >= 4 is 11.3 Å². The highest BCUT2D eigenvalue weighted by molar-refractivity contribution is 7.09. The highest BCUT2D eigenvalue weighted by atomic mass is 32.1. The molecule has 4 heteroatoms. The van der Waals surface area contributed by atoms with Crippen molar-refractivity contribution in [2.75, 3.05) is 13.1 Å². The van der Waals surface area contributed by atoms with Crippen molar-refractivity contribution < 1.29 is 0 Å². The Bertz CT molecular complexity index is 341. The Morgan fingerprint density at radius 2 is 2.29 bits per heavy atom. The second-order valence-electron chi connectivity index (χ2n) is 4.43. The summed E-state index contributed by atoms with van der Waals surface area (Å²) in [5, 5.41) is 3.40. The topological polar surface area (TPSA) is 50.9 Å². The fourth-order valence-electron chi connectivity index (χ4n) is 2.80. The number of nitrogens with one attached hydrogen (secondary N) is 1. The van der Waals surface area contributed by atoms with Gasteiger partial charge in [-0.2, -0.15) is 0 Å². The first-order valence-corrected chi connectivity index (χ1v) is 6.08. The van der Waals surface area contributed by atoms with E-state index < -0.39 is 0 Å². The van der Waals surface area contributed by atoms with Gasteiger partial charge >= 0.3 is 0 Å². The predicted molar refractivity (Wildman–Crippen MR) is 57.3 cm³/mol. The molecule has 3 nitrogen and oxygen atoms in total. The highest BCUT2D eigenvalue weighted by Gasteiger charge is 2.46. The van der Waals surface area contributed by atoms with Crippen LogP contribution in [-0.2, 0) is 6.42 Å². The predicted octanol–water partition coefficient (Wildman–Crippen LogP) is 1.07. The minimum Gasteiger partial charge on any atom is -0.323 e. The van der Waals surface area contributed by atoms with Crippen LogP contribution in [0.15, 0.2) is 5.51 Å². The van der Waals surface area contributed by atoms with Gasteiger partial charge in [-0.25, -0.2) is 4.98 Å². The Hall–Kier alpha value is -0.450. The third-order valence-corrected chi connectivity index (χ3v) is 4.69. The van der Waals surface area contributed by atoms with Crippen molar-refractivity contribution in [2.45, 2.75) is 25.3 Å². The molecular weight excluding hydrogens is 194 g/mol. The van der Waals surface area contributed by atoms with Crippen LogP contribution in [0.2, 0.25) is 0 Å². The van der Waals surface area contributed by atoms with E-state index in [0.717, 1.165) is 19.5 Å². The standard InChI is InChI=1S/C10H15N3S/c11-9-8-7(13-6-14-8)5-10(9)1-3-12-4-2-10/h6,9,12H,1-5,11H2/t9-/m1/s1. The zero-order valence-electron chi connectivity index (χ0n) is 8.12. The van der Waals surface area contributed by atoms with Gasteiger partial charge in [0.2, 0.25) is 0 Å². The summed E-state index contributed by atoms with van der Waals surface area (Å²) in [5.41, 5.74) is 9.87. The second kappa shape index (κ2) is 3.02. The van der Waals surface area contributed by atoms with Crippen LogP contribution < -0.4 is 11.1 Å². The molecule has 76 valence electrons. The van der Waals surface area contributed by atoms with Crippen molar-refractivity contribution in [1.29, 1.82) is 0 Å². The van der Waals surface area contributed by atoms with Crippen molar-refractivity contribution in [3.05, 3.63) is 16.1 Å². The van der Waals surface area contributed by atoms with Crippen LogP contribution in [0.3, 0.4) is 0 Å². The van der Waals surface area contributed by atoms with E-state index in [2.05, 4.69) is 10.3 Å². The van der Waals surface area contributed by atoms with E-state index in [1.807, 2.05) is 5.51 Å². The largest absolute Gasteiger partial charge is 0.323 e. The fourth-order valence-corrected chi connectivity index (χ4v) is 3.75. The van der Waals surface area contributed by atoms with E-state index in [4.69, 9.17) is 5.73 Å². The number of nitrogens with zero attached hydrogens (tertiary/aromatic N) is 1. The average molecular weight is 209 g/mol. The molecule has 1 spiro atoms. The molecule has 0 unspecified atom stereocenters. The SMILES string of the molecule is N[C@@H]1c2scnc2CC12CCNCC2. The van der Waals surface area contributed by atoms with E-state index in [9.17, 15) is 0 Å². The first-order chi connectivity index (χ1) is 6.82. The molecule has 1 aliphatic heterocycles. The van der Waals surface area contributed by atoms with Crippen molar-refractivity contribution in [3.63, 3.8) is 0 Å². The molecule has 1 aliphatic carbocycles. The minimum absolute atomic E-state index is 0.243. The third kappa shape index (κ3) is 1.08. The molecule has 0 bridgehead atoms. The monoisotopic (exact) mass is 209 g/mol. The molecule has 0 aromatic carbocycles. The number of fused-ring (bicyclic) bond motifs is 1. The van der Waals surface area contributed by atoms with Crippen LogP contribution in [0.1, 0.15) is 29.5 Å². The molecule has 1 atom stereocenters. The van der Waals surface area contributed by atoms with E-state index >= 15 is 0 Å². The van der Waals surface area contributed by atoms with Crippen LogP contribution in [-0.4, -0.2) is 18.1 Å². The Labute approximate surface area is 87.7 Å². The second-order valence-corrected chi connectivity index (χ2v) is 5.32. The molecule has 1 saturated heterocycles. The Kier molecular flexibility index (Phi) is 1.90. The quantitative estimate of drug-likeness (QED) is 0.672. The average Bonchev–Trinajstić information content (AvgIpc) is 2.73. The van der Waals surface area contributed by atoms with E-state index in [1.165, 1.54) is 23.4 Å². The number of rotatable bonds is 0. The molecule has 2 aliphatic rings. The van der Waals surface area contributed by atoms with Gasteiger partial charge in [0, 0.05) is 10.9 Å². The maximum absolute atomic E-state index is 6.34. The summed E-state index contributed by atoms with van der Waals surface area (Å²) in [6, 6.07) is 0.243. The Balaban J connectivity index is 1.94. The first-order valence-electron chi connectivity index (χ1n) is 5.20. The van der Waals surface area contributed by atoms with Gasteiger partial charge in [0.25, 0.3) is 0 Å². The number of nitrogens with two attached hydrogens (primary N) is 1. The molecule has 1 fully saturated rings. The van der Waals surface area contributed by atoms with Crippen LogP contribution in [0.5, 0.6) is 0 Å². The fraction of sp³-hybridized carbons (Fsp3) is 0.700. The maximum Gasteiger partial charge on any atom is 0.0798 e. The van der Waals surface area contributed by atoms with E-state index in [-0.39, 0.29) is 6.04 Å². The third-order valence-electron chi connectivity index (χ3n) is 3.73. The summed E-state index contributed by atoms with van der Waals surface area (Å²) in [5.74, 6) is 0. The summed E-state index contributed by atoms with van der Waals surface area (Å²) in [6.45, 7) is 2.23. The molecule has 0 saturated carbocycles. The number of aromatic nitrogens is 1. The van der Waals surface area contributed by atoms with Gasteiger partial charge in [0.15, 0.2) is 0 Å². The van der Waals surface area contributed by atoms with Gasteiger partial charge in [0.1, 0.15) is 0 Å². The lowest BCUT2D eigenvalue weighted by molar-refractivity contribution is 0.174. The molecule has 0 amide bonds. The minimum atomic E-state index is 0.243. The van der Waals surface area contributed by atoms with Gasteiger partial charge in [0.05, 0.1) is 11.2 Å². The van der Waals surface area contributed by atoms with E-state index in [1.54, 1.807) is 11.3 Å². The molecule has 2 heterocycles. The summed E-state index contributed by atoms with van der Waals surface area (Å²) < 4.78 is 0. The first kappa shape index (κ1) is 8.83. The van der Waals surface area contributed by atoms with Gasteiger partial charge in [-0.1, -0.05) is 0 Å². The normalized spacial score (nSPS) is 29.4. The molecule has 1 aromatic rings. The van der Waals surface area contributed by atoms with Gasteiger partial charge in [-0.15, -0.1) is 11.3 Å². The van der Waals surface area contributed by atoms with Crippen LogP contribution in [0, 0.1) is 5.41 Å². The molecular formula is C10H15N3S.